The topological polar surface area (TPSA) is 0 Å². The molecule has 0 aromatic rings. The van der Waals surface area contributed by atoms with Crippen LogP contribution in [-0.2, 0) is 0 Å². The Kier molecular flexibility index (Phi) is 297. The SMILES string of the molecule is C.C.[2H][CH2-].[H-].[K+].[K+].[K+].[K+].[K][K].[K][K]. The summed E-state index contributed by atoms with van der Waals surface area (Å²) in [7, 11) is 2.50. The molecule has 0 aliphatic carbocycles. The molecule has 0 atom stereocenters. The van der Waals surface area contributed by atoms with Crippen LogP contribution in [0.5, 0.6) is 0 Å². The van der Waals surface area contributed by atoms with Crippen molar-refractivity contribution in [1.82, 2.24) is 0 Å². The second kappa shape index (κ2) is 65.8. The molecule has 0 saturated heterocycles. The quantitative estimate of drug-likeness (QED) is 0.297. The Morgan fingerprint density at radius 3 is 0.727 bits per heavy atom. The van der Waals surface area contributed by atoms with Crippen LogP contribution in [0.25, 0.3) is 0 Å². The van der Waals surface area contributed by atoms with E-state index in [2.05, 4.69) is 7.40 Å². The normalized spacial score (nSPS) is 2.09. The van der Waals surface area contributed by atoms with E-state index < -0.39 is 0 Å². The van der Waals surface area contributed by atoms with Crippen LogP contribution in [0.1, 0.15) is 17.7 Å². The van der Waals surface area contributed by atoms with Crippen molar-refractivity contribution in [1.29, 1.82) is 0 Å². The molecule has 0 saturated carbocycles. The van der Waals surface area contributed by atoms with Gasteiger partial charge in [0.05, 0.1) is 0 Å². The van der Waals surface area contributed by atoms with E-state index in [1.54, 1.807) is 0 Å². The summed E-state index contributed by atoms with van der Waals surface area (Å²) in [5, 5.41) is 0. The summed E-state index contributed by atoms with van der Waals surface area (Å²) in [4.78, 5) is 0. The fourth-order valence-corrected chi connectivity index (χ4v) is 0. The Balaban J connectivity index is -0.00000000102. The van der Waals surface area contributed by atoms with Crippen LogP contribution in [0.15, 0.2) is 0 Å². The molecular formula is C3H12K8+2. The van der Waals surface area contributed by atoms with Gasteiger partial charge in [-0.1, -0.05) is 14.9 Å². The van der Waals surface area contributed by atoms with Crippen molar-refractivity contribution in [2.24, 2.45) is 0 Å². The molecule has 0 aromatic heterocycles. The molecule has 0 spiro atoms. The molecule has 0 fully saturated rings. The fraction of sp³-hybridized carbons (Fsp3) is 0.667. The molecule has 0 radical (unpaired) electrons. The van der Waals surface area contributed by atoms with Gasteiger partial charge < -0.3 is 8.83 Å². The van der Waals surface area contributed by atoms with Crippen molar-refractivity contribution in [2.75, 3.05) is 0 Å². The van der Waals surface area contributed by atoms with Gasteiger partial charge in [0.2, 0.25) is 0 Å². The van der Waals surface area contributed by atoms with Crippen LogP contribution < -0.4 is 206 Å². The number of hydrogen-bond acceptors (Lipinski definition) is 0. The molecule has 0 rings (SSSR count). The second-order valence-electron chi connectivity index (χ2n) is 0. The van der Waals surface area contributed by atoms with Crippen LogP contribution in [0.4, 0.5) is 0 Å². The Labute approximate surface area is 339 Å². The van der Waals surface area contributed by atoms with Crippen molar-refractivity contribution >= 4 is 126 Å². The van der Waals surface area contributed by atoms with Crippen LogP contribution >= 0.6 is 0 Å². The van der Waals surface area contributed by atoms with Gasteiger partial charge in [0.15, 0.2) is 0 Å². The third-order valence-electron chi connectivity index (χ3n) is 0. The Hall–Kier alpha value is 13.1. The van der Waals surface area contributed by atoms with E-state index in [0.29, 0.717) is 0 Å². The van der Waals surface area contributed by atoms with Crippen LogP contribution in [0.3, 0.4) is 0 Å². The van der Waals surface area contributed by atoms with Crippen LogP contribution in [0.2, 0.25) is 0 Å². The predicted molar refractivity (Wildman–Crippen MR) is 44.0 cm³/mol. The summed E-state index contributed by atoms with van der Waals surface area (Å²) >= 11 is 5.00. The average Bonchev–Trinajstić information content (AvgIpc) is 1.81. The zero-order chi connectivity index (χ0) is 6.00. The zero-order valence-corrected chi connectivity index (χ0v) is 33.7. The molecule has 0 amide bonds. The first-order valence-electron chi connectivity index (χ1n) is 2.71. The summed E-state index contributed by atoms with van der Waals surface area (Å²) < 4.78 is 5.50. The van der Waals surface area contributed by atoms with E-state index in [1.165, 1.54) is 126 Å². The maximum absolute atomic E-state index is 5.50. The molecule has 0 aliphatic rings. The summed E-state index contributed by atoms with van der Waals surface area (Å²) in [6.07, 6.45) is 0. The first-order chi connectivity index (χ1) is 3.00. The van der Waals surface area contributed by atoms with Crippen molar-refractivity contribution in [3.05, 3.63) is 7.40 Å². The standard InChI is InChI=1S/2CH4.CH3.8K.H/h2*1H4;1H3;;;;;;;;;/q;;-1;;;;;4*+1;-1/i;;1D;;;;;;;;;. The summed E-state index contributed by atoms with van der Waals surface area (Å²) in [5.41, 5.74) is 0. The maximum atomic E-state index is 5.50. The van der Waals surface area contributed by atoms with Crippen molar-refractivity contribution in [2.45, 2.75) is 14.9 Å². The monoisotopic (exact) mass is 361 g/mol. The minimum absolute atomic E-state index is 0. The molecule has 0 N–H and O–H groups in total. The molecule has 0 aliphatic heterocycles. The van der Waals surface area contributed by atoms with E-state index in [-0.39, 0.29) is 222 Å². The van der Waals surface area contributed by atoms with Gasteiger partial charge in [-0.05, 0) is 0 Å². The van der Waals surface area contributed by atoms with E-state index >= 15 is 0 Å². The summed E-state index contributed by atoms with van der Waals surface area (Å²) in [6.45, 7) is 0. The molecule has 0 aromatic carbocycles. The Morgan fingerprint density at radius 2 is 0.727 bits per heavy atom. The first kappa shape index (κ1) is 49.6. The fourth-order valence-electron chi connectivity index (χ4n) is 0. The number of hydrogen-bond donors (Lipinski definition) is 0. The van der Waals surface area contributed by atoms with Gasteiger partial charge in [0.1, 0.15) is 0 Å². The molecular weight excluding hydrogens is 349 g/mol. The van der Waals surface area contributed by atoms with E-state index in [9.17, 15) is 0 Å². The van der Waals surface area contributed by atoms with Crippen molar-refractivity contribution in [3.63, 3.8) is 0 Å². The van der Waals surface area contributed by atoms with Gasteiger partial charge in [-0.3, -0.25) is 0 Å². The zero-order valence-electron chi connectivity index (χ0n) is 10.7. The Bertz CT molecular complexity index is 17.4. The van der Waals surface area contributed by atoms with Gasteiger partial charge in [-0.25, -0.2) is 1.37 Å². The van der Waals surface area contributed by atoms with Gasteiger partial charge >= 0.3 is 332 Å². The third-order valence-corrected chi connectivity index (χ3v) is 0. The van der Waals surface area contributed by atoms with Crippen molar-refractivity contribution in [3.8, 4) is 0 Å². The first-order valence-corrected chi connectivity index (χ1v) is 34.0. The van der Waals surface area contributed by atoms with Gasteiger partial charge in [-0.2, -0.15) is 0 Å². The third kappa shape index (κ3) is 59.9. The summed E-state index contributed by atoms with van der Waals surface area (Å²) in [5.74, 6) is 0. The van der Waals surface area contributed by atoms with Gasteiger partial charge in [0.25, 0.3) is 0 Å². The number of rotatable bonds is 0. The molecule has 0 heterocycles. The van der Waals surface area contributed by atoms with Gasteiger partial charge in [-0.15, -0.1) is 0 Å². The second-order valence-corrected chi connectivity index (χ2v) is 0. The van der Waals surface area contributed by atoms with E-state index in [1.807, 2.05) is 0 Å². The molecule has 0 unspecified atom stereocenters. The average molecular weight is 362 g/mol. The van der Waals surface area contributed by atoms with Gasteiger partial charge in [0, 0.05) is 0 Å². The predicted octanol–water partition coefficient (Wildman–Crippen LogP) is -11.7. The molecule has 11 heavy (non-hydrogen) atoms. The molecule has 0 nitrogen and oxygen atoms in total. The van der Waals surface area contributed by atoms with Crippen molar-refractivity contribution < 1.29 is 208 Å². The Morgan fingerprint density at radius 1 is 0.727 bits per heavy atom. The van der Waals surface area contributed by atoms with E-state index in [4.69, 9.17) is 1.37 Å². The van der Waals surface area contributed by atoms with Crippen LogP contribution in [0, 0.1) is 7.40 Å². The molecule has 30 valence electrons. The minimum atomic E-state index is 0. The van der Waals surface area contributed by atoms with E-state index in [0.717, 1.165) is 0 Å². The summed E-state index contributed by atoms with van der Waals surface area (Å²) in [6, 6.07) is 0. The molecule has 8 heteroatoms. The molecule has 0 bridgehead atoms. The van der Waals surface area contributed by atoms with Crippen LogP contribution in [-0.4, -0.2) is 126 Å².